The van der Waals surface area contributed by atoms with E-state index in [4.69, 9.17) is 9.47 Å². The Morgan fingerprint density at radius 3 is 2.52 bits per heavy atom. The molecule has 25 heavy (non-hydrogen) atoms. The first-order valence-electron chi connectivity index (χ1n) is 7.97. The monoisotopic (exact) mass is 342 g/mol. The SMILES string of the molecule is COc1ccc(C)cc1NC(=O)CNC(=O)CCOc1ccccc1. The van der Waals surface area contributed by atoms with Gasteiger partial charge in [-0.2, -0.15) is 0 Å². The zero-order chi connectivity index (χ0) is 18.1. The lowest BCUT2D eigenvalue weighted by atomic mass is 10.2. The van der Waals surface area contributed by atoms with E-state index in [-0.39, 0.29) is 31.4 Å². The molecule has 6 nitrogen and oxygen atoms in total. The third kappa shape index (κ3) is 6.18. The highest BCUT2D eigenvalue weighted by molar-refractivity contribution is 5.95. The molecule has 0 heterocycles. The van der Waals surface area contributed by atoms with E-state index in [0.29, 0.717) is 17.2 Å². The van der Waals surface area contributed by atoms with Crippen LogP contribution in [0.4, 0.5) is 5.69 Å². The molecule has 0 aliphatic carbocycles. The van der Waals surface area contributed by atoms with E-state index in [2.05, 4.69) is 10.6 Å². The summed E-state index contributed by atoms with van der Waals surface area (Å²) in [5.74, 6) is 0.713. The normalized spacial score (nSPS) is 10.0. The minimum atomic E-state index is -0.318. The van der Waals surface area contributed by atoms with Gasteiger partial charge in [-0.15, -0.1) is 0 Å². The van der Waals surface area contributed by atoms with E-state index < -0.39 is 0 Å². The lowest BCUT2D eigenvalue weighted by Crippen LogP contribution is -2.33. The van der Waals surface area contributed by atoms with Crippen molar-refractivity contribution < 1.29 is 19.1 Å². The van der Waals surface area contributed by atoms with Crippen LogP contribution in [0.2, 0.25) is 0 Å². The summed E-state index contributed by atoms with van der Waals surface area (Å²) in [6.45, 7) is 2.06. The van der Waals surface area contributed by atoms with Gasteiger partial charge >= 0.3 is 0 Å². The highest BCUT2D eigenvalue weighted by Gasteiger charge is 2.09. The van der Waals surface area contributed by atoms with Gasteiger partial charge in [-0.25, -0.2) is 0 Å². The highest BCUT2D eigenvalue weighted by atomic mass is 16.5. The standard InChI is InChI=1S/C19H22N2O4/c1-14-8-9-17(24-2)16(12-14)21-19(23)13-20-18(22)10-11-25-15-6-4-3-5-7-15/h3-9,12H,10-11,13H2,1-2H3,(H,20,22)(H,21,23). The molecule has 0 saturated heterocycles. The van der Waals surface area contributed by atoms with Crippen LogP contribution in [0.5, 0.6) is 11.5 Å². The second-order valence-electron chi connectivity index (χ2n) is 5.44. The number of amides is 2. The van der Waals surface area contributed by atoms with Crippen LogP contribution >= 0.6 is 0 Å². The van der Waals surface area contributed by atoms with Crippen LogP contribution in [-0.2, 0) is 9.59 Å². The fraction of sp³-hybridized carbons (Fsp3) is 0.263. The minimum Gasteiger partial charge on any atom is -0.495 e. The lowest BCUT2D eigenvalue weighted by molar-refractivity contribution is -0.124. The maximum absolute atomic E-state index is 12.0. The van der Waals surface area contributed by atoms with Crippen LogP contribution in [0.15, 0.2) is 48.5 Å². The molecule has 0 aromatic heterocycles. The number of rotatable bonds is 8. The molecule has 6 heteroatoms. The zero-order valence-corrected chi connectivity index (χ0v) is 14.4. The average molecular weight is 342 g/mol. The Kier molecular flexibility index (Phi) is 6.83. The molecule has 2 rings (SSSR count). The van der Waals surface area contributed by atoms with Crippen LogP contribution < -0.4 is 20.1 Å². The second-order valence-corrected chi connectivity index (χ2v) is 5.44. The molecule has 0 aliphatic rings. The summed E-state index contributed by atoms with van der Waals surface area (Å²) in [5, 5.41) is 5.30. The summed E-state index contributed by atoms with van der Waals surface area (Å²) < 4.78 is 10.6. The van der Waals surface area contributed by atoms with Gasteiger partial charge < -0.3 is 20.1 Å². The smallest absolute Gasteiger partial charge is 0.243 e. The van der Waals surface area contributed by atoms with Gasteiger partial charge in [-0.3, -0.25) is 9.59 Å². The number of benzene rings is 2. The van der Waals surface area contributed by atoms with E-state index in [1.807, 2.05) is 49.4 Å². The van der Waals surface area contributed by atoms with Crippen LogP contribution in [-0.4, -0.2) is 32.1 Å². The van der Waals surface area contributed by atoms with Crippen molar-refractivity contribution in [3.05, 3.63) is 54.1 Å². The Labute approximate surface area is 147 Å². The third-order valence-corrected chi connectivity index (χ3v) is 3.42. The molecular weight excluding hydrogens is 320 g/mol. The molecule has 0 saturated carbocycles. The largest absolute Gasteiger partial charge is 0.495 e. The van der Waals surface area contributed by atoms with E-state index in [1.165, 1.54) is 7.11 Å². The van der Waals surface area contributed by atoms with Gasteiger partial charge in [-0.05, 0) is 36.8 Å². The summed E-state index contributed by atoms with van der Waals surface area (Å²) in [5.41, 5.74) is 1.58. The number of carbonyl (C=O) groups excluding carboxylic acids is 2. The number of aryl methyl sites for hydroxylation is 1. The maximum Gasteiger partial charge on any atom is 0.243 e. The van der Waals surface area contributed by atoms with Crippen molar-refractivity contribution >= 4 is 17.5 Å². The second kappa shape index (κ2) is 9.32. The van der Waals surface area contributed by atoms with Crippen LogP contribution in [0.3, 0.4) is 0 Å². The van der Waals surface area contributed by atoms with Gasteiger partial charge in [-0.1, -0.05) is 24.3 Å². The van der Waals surface area contributed by atoms with Crippen molar-refractivity contribution in [2.24, 2.45) is 0 Å². The first-order valence-corrected chi connectivity index (χ1v) is 7.97. The predicted molar refractivity (Wildman–Crippen MR) is 95.9 cm³/mol. The Balaban J connectivity index is 1.72. The summed E-state index contributed by atoms with van der Waals surface area (Å²) in [7, 11) is 1.54. The van der Waals surface area contributed by atoms with Crippen molar-refractivity contribution in [1.29, 1.82) is 0 Å². The van der Waals surface area contributed by atoms with Crippen LogP contribution in [0, 0.1) is 6.92 Å². The fourth-order valence-corrected chi connectivity index (χ4v) is 2.16. The molecule has 0 unspecified atom stereocenters. The van der Waals surface area contributed by atoms with E-state index in [9.17, 15) is 9.59 Å². The molecule has 0 fully saturated rings. The number of nitrogens with one attached hydrogen (secondary N) is 2. The number of hydrogen-bond donors (Lipinski definition) is 2. The van der Waals surface area contributed by atoms with Gasteiger partial charge in [0, 0.05) is 0 Å². The number of methoxy groups -OCH3 is 1. The molecule has 2 amide bonds. The van der Waals surface area contributed by atoms with E-state index in [1.54, 1.807) is 6.07 Å². The molecule has 0 spiro atoms. The van der Waals surface area contributed by atoms with Gasteiger partial charge in [0.15, 0.2) is 0 Å². The van der Waals surface area contributed by atoms with Crippen molar-refractivity contribution in [1.82, 2.24) is 5.32 Å². The van der Waals surface area contributed by atoms with Gasteiger partial charge in [0.25, 0.3) is 0 Å². The summed E-state index contributed by atoms with van der Waals surface area (Å²) in [6, 6.07) is 14.7. The third-order valence-electron chi connectivity index (χ3n) is 3.42. The molecule has 0 atom stereocenters. The molecule has 0 aliphatic heterocycles. The topological polar surface area (TPSA) is 76.7 Å². The van der Waals surface area contributed by atoms with Crippen LogP contribution in [0.25, 0.3) is 0 Å². The maximum atomic E-state index is 12.0. The van der Waals surface area contributed by atoms with Crippen LogP contribution in [0.1, 0.15) is 12.0 Å². The van der Waals surface area contributed by atoms with Crippen molar-refractivity contribution in [2.75, 3.05) is 25.6 Å². The number of carbonyl (C=O) groups is 2. The number of hydrogen-bond acceptors (Lipinski definition) is 4. The molecule has 132 valence electrons. The first-order chi connectivity index (χ1) is 12.1. The minimum absolute atomic E-state index is 0.110. The molecule has 0 radical (unpaired) electrons. The zero-order valence-electron chi connectivity index (χ0n) is 14.4. The number of ether oxygens (including phenoxy) is 2. The summed E-state index contributed by atoms with van der Waals surface area (Å²) in [4.78, 5) is 23.8. The summed E-state index contributed by atoms with van der Waals surface area (Å²) in [6.07, 6.45) is 0.177. The van der Waals surface area contributed by atoms with E-state index >= 15 is 0 Å². The molecular formula is C19H22N2O4. The summed E-state index contributed by atoms with van der Waals surface area (Å²) >= 11 is 0. The molecule has 2 N–H and O–H groups in total. The first kappa shape index (κ1) is 18.3. The number of para-hydroxylation sites is 1. The quantitative estimate of drug-likeness (QED) is 0.773. The Morgan fingerprint density at radius 2 is 1.80 bits per heavy atom. The Bertz CT molecular complexity index is 717. The van der Waals surface area contributed by atoms with Crippen molar-refractivity contribution in [2.45, 2.75) is 13.3 Å². The van der Waals surface area contributed by atoms with Crippen molar-refractivity contribution in [3.8, 4) is 11.5 Å². The predicted octanol–water partition coefficient (Wildman–Crippen LogP) is 2.53. The van der Waals surface area contributed by atoms with Crippen molar-refractivity contribution in [3.63, 3.8) is 0 Å². The van der Waals surface area contributed by atoms with Gasteiger partial charge in [0.2, 0.25) is 11.8 Å². The lowest BCUT2D eigenvalue weighted by Gasteiger charge is -2.11. The van der Waals surface area contributed by atoms with Gasteiger partial charge in [0.1, 0.15) is 11.5 Å². The highest BCUT2D eigenvalue weighted by Crippen LogP contribution is 2.24. The average Bonchev–Trinajstić information content (AvgIpc) is 2.61. The fourth-order valence-electron chi connectivity index (χ4n) is 2.16. The molecule has 0 bridgehead atoms. The molecule has 2 aromatic rings. The Morgan fingerprint density at radius 1 is 1.04 bits per heavy atom. The molecule has 2 aromatic carbocycles. The van der Waals surface area contributed by atoms with E-state index in [0.717, 1.165) is 5.56 Å². The number of anilines is 1. The van der Waals surface area contributed by atoms with Gasteiger partial charge in [0.05, 0.1) is 32.4 Å². The Hall–Kier alpha value is -3.02.